The fourth-order valence-corrected chi connectivity index (χ4v) is 2.84. The van der Waals surface area contributed by atoms with Crippen molar-refractivity contribution in [3.8, 4) is 5.95 Å². The van der Waals surface area contributed by atoms with E-state index in [1.54, 1.807) is 29.2 Å². The molecule has 0 fully saturated rings. The van der Waals surface area contributed by atoms with Crippen LogP contribution in [0.2, 0.25) is 5.02 Å². The van der Waals surface area contributed by atoms with Crippen LogP contribution in [0, 0.1) is 19.7 Å². The van der Waals surface area contributed by atoms with Gasteiger partial charge in [-0.25, -0.2) is 19.0 Å². The second kappa shape index (κ2) is 7.61. The number of aryl methyl sites for hydroxylation is 1. The number of benzene rings is 1. The Morgan fingerprint density at radius 3 is 2.69 bits per heavy atom. The van der Waals surface area contributed by atoms with E-state index in [0.29, 0.717) is 11.5 Å². The molecule has 0 aliphatic heterocycles. The maximum Gasteiger partial charge on any atom is 0.250 e. The van der Waals surface area contributed by atoms with Gasteiger partial charge in [-0.2, -0.15) is 5.10 Å². The lowest BCUT2D eigenvalue weighted by Gasteiger charge is -2.08. The first-order valence-electron chi connectivity index (χ1n) is 7.99. The van der Waals surface area contributed by atoms with Gasteiger partial charge in [0, 0.05) is 35.2 Å². The highest BCUT2D eigenvalue weighted by molar-refractivity contribution is 6.31. The SMILES string of the molecule is Cc1nn(-c2ncccn2)c(C)c1CC(=O)NCc1ccc(F)cc1Cl. The molecule has 1 aromatic carbocycles. The van der Waals surface area contributed by atoms with Gasteiger partial charge in [0.25, 0.3) is 5.95 Å². The zero-order chi connectivity index (χ0) is 18.7. The van der Waals surface area contributed by atoms with E-state index in [9.17, 15) is 9.18 Å². The average molecular weight is 374 g/mol. The van der Waals surface area contributed by atoms with Crippen LogP contribution < -0.4 is 5.32 Å². The predicted octanol–water partition coefficient (Wildman–Crippen LogP) is 2.93. The van der Waals surface area contributed by atoms with Gasteiger partial charge in [0.05, 0.1) is 12.1 Å². The quantitative estimate of drug-likeness (QED) is 0.746. The summed E-state index contributed by atoms with van der Waals surface area (Å²) in [4.78, 5) is 20.7. The number of carbonyl (C=O) groups excluding carboxylic acids is 1. The Bertz CT molecular complexity index is 942. The third kappa shape index (κ3) is 3.88. The number of hydrogen-bond acceptors (Lipinski definition) is 4. The molecule has 2 aromatic heterocycles. The maximum absolute atomic E-state index is 13.1. The molecule has 0 saturated heterocycles. The Hall–Kier alpha value is -2.80. The minimum absolute atomic E-state index is 0.170. The van der Waals surface area contributed by atoms with Crippen molar-refractivity contribution >= 4 is 17.5 Å². The zero-order valence-electron chi connectivity index (χ0n) is 14.3. The van der Waals surface area contributed by atoms with Gasteiger partial charge in [-0.3, -0.25) is 4.79 Å². The summed E-state index contributed by atoms with van der Waals surface area (Å²) in [6.45, 7) is 3.94. The summed E-state index contributed by atoms with van der Waals surface area (Å²) in [6, 6.07) is 5.82. The number of halogens is 2. The minimum Gasteiger partial charge on any atom is -0.352 e. The molecule has 0 unspecified atom stereocenters. The van der Waals surface area contributed by atoms with E-state index in [2.05, 4.69) is 20.4 Å². The predicted molar refractivity (Wildman–Crippen MR) is 95.6 cm³/mol. The monoisotopic (exact) mass is 373 g/mol. The van der Waals surface area contributed by atoms with Crippen LogP contribution in [0.3, 0.4) is 0 Å². The molecular formula is C18H17ClFN5O. The van der Waals surface area contributed by atoms with E-state index >= 15 is 0 Å². The molecule has 26 heavy (non-hydrogen) atoms. The van der Waals surface area contributed by atoms with E-state index in [1.165, 1.54) is 12.1 Å². The van der Waals surface area contributed by atoms with Crippen molar-refractivity contribution < 1.29 is 9.18 Å². The van der Waals surface area contributed by atoms with E-state index < -0.39 is 5.82 Å². The van der Waals surface area contributed by atoms with Crippen LogP contribution >= 0.6 is 11.6 Å². The van der Waals surface area contributed by atoms with Crippen LogP contribution in [-0.4, -0.2) is 25.7 Å². The Morgan fingerprint density at radius 1 is 1.27 bits per heavy atom. The smallest absolute Gasteiger partial charge is 0.250 e. The fraction of sp³-hybridized carbons (Fsp3) is 0.222. The summed E-state index contributed by atoms with van der Waals surface area (Å²) in [7, 11) is 0. The largest absolute Gasteiger partial charge is 0.352 e. The number of nitrogens with zero attached hydrogens (tertiary/aromatic N) is 4. The Balaban J connectivity index is 1.71. The van der Waals surface area contributed by atoms with Crippen LogP contribution in [0.4, 0.5) is 4.39 Å². The molecule has 134 valence electrons. The molecule has 2 heterocycles. The molecule has 1 N–H and O–H groups in total. The number of aromatic nitrogens is 4. The fourth-order valence-electron chi connectivity index (χ4n) is 2.61. The normalized spacial score (nSPS) is 10.8. The number of amides is 1. The minimum atomic E-state index is -0.410. The second-order valence-electron chi connectivity index (χ2n) is 5.80. The van der Waals surface area contributed by atoms with Gasteiger partial charge in [-0.1, -0.05) is 17.7 Å². The van der Waals surface area contributed by atoms with Gasteiger partial charge < -0.3 is 5.32 Å². The molecule has 8 heteroatoms. The van der Waals surface area contributed by atoms with Crippen LogP contribution in [0.5, 0.6) is 0 Å². The highest BCUT2D eigenvalue weighted by Crippen LogP contribution is 2.18. The van der Waals surface area contributed by atoms with Crippen molar-refractivity contribution in [3.63, 3.8) is 0 Å². The third-order valence-electron chi connectivity index (χ3n) is 4.01. The van der Waals surface area contributed by atoms with Crippen molar-refractivity contribution in [2.45, 2.75) is 26.8 Å². The van der Waals surface area contributed by atoms with Crippen LogP contribution in [0.15, 0.2) is 36.7 Å². The molecule has 0 aliphatic carbocycles. The molecule has 0 bridgehead atoms. The van der Waals surface area contributed by atoms with E-state index in [-0.39, 0.29) is 23.9 Å². The van der Waals surface area contributed by atoms with E-state index in [1.807, 2.05) is 13.8 Å². The van der Waals surface area contributed by atoms with E-state index in [4.69, 9.17) is 11.6 Å². The van der Waals surface area contributed by atoms with Gasteiger partial charge in [0.15, 0.2) is 0 Å². The van der Waals surface area contributed by atoms with Gasteiger partial charge >= 0.3 is 0 Å². The molecular weight excluding hydrogens is 357 g/mol. The maximum atomic E-state index is 13.1. The number of carbonyl (C=O) groups is 1. The molecule has 0 aliphatic rings. The molecule has 3 aromatic rings. The van der Waals surface area contributed by atoms with Gasteiger partial charge in [-0.05, 0) is 37.6 Å². The summed E-state index contributed by atoms with van der Waals surface area (Å²) in [5.74, 6) is -0.130. The highest BCUT2D eigenvalue weighted by Gasteiger charge is 2.17. The lowest BCUT2D eigenvalue weighted by atomic mass is 10.1. The highest BCUT2D eigenvalue weighted by atomic mass is 35.5. The number of hydrogen-bond donors (Lipinski definition) is 1. The lowest BCUT2D eigenvalue weighted by Crippen LogP contribution is -2.25. The Labute approximate surface area is 155 Å². The first kappa shape index (κ1) is 18.0. The van der Waals surface area contributed by atoms with Crippen LogP contribution in [0.1, 0.15) is 22.5 Å². The average Bonchev–Trinajstić information content (AvgIpc) is 2.90. The molecule has 0 spiro atoms. The standard InChI is InChI=1S/C18H17ClFN5O/c1-11-15(12(2)25(24-11)18-21-6-3-7-22-18)9-17(26)23-10-13-4-5-14(20)8-16(13)19/h3-8H,9-10H2,1-2H3,(H,23,26). The van der Waals surface area contributed by atoms with Gasteiger partial charge in [-0.15, -0.1) is 0 Å². The molecule has 0 atom stereocenters. The molecule has 1 amide bonds. The molecule has 6 nitrogen and oxygen atoms in total. The summed E-state index contributed by atoms with van der Waals surface area (Å²) >= 11 is 5.98. The lowest BCUT2D eigenvalue weighted by molar-refractivity contribution is -0.120. The molecule has 3 rings (SSSR count). The Morgan fingerprint density at radius 2 is 2.00 bits per heavy atom. The zero-order valence-corrected chi connectivity index (χ0v) is 15.1. The summed E-state index contributed by atoms with van der Waals surface area (Å²) in [5, 5.41) is 7.51. The molecule has 0 radical (unpaired) electrons. The van der Waals surface area contributed by atoms with Crippen molar-refractivity contribution in [3.05, 3.63) is 70.0 Å². The first-order valence-corrected chi connectivity index (χ1v) is 8.36. The van der Waals surface area contributed by atoms with Crippen molar-refractivity contribution in [2.24, 2.45) is 0 Å². The summed E-state index contributed by atoms with van der Waals surface area (Å²) < 4.78 is 14.7. The summed E-state index contributed by atoms with van der Waals surface area (Å²) in [5.41, 5.74) is 3.02. The third-order valence-corrected chi connectivity index (χ3v) is 4.36. The summed E-state index contributed by atoms with van der Waals surface area (Å²) in [6.07, 6.45) is 3.44. The molecule has 0 saturated carbocycles. The number of rotatable bonds is 5. The van der Waals surface area contributed by atoms with Crippen molar-refractivity contribution in [2.75, 3.05) is 0 Å². The van der Waals surface area contributed by atoms with Crippen molar-refractivity contribution in [1.82, 2.24) is 25.1 Å². The van der Waals surface area contributed by atoms with Crippen LogP contribution in [-0.2, 0) is 17.8 Å². The first-order chi connectivity index (χ1) is 12.5. The number of nitrogens with one attached hydrogen (secondary N) is 1. The van der Waals surface area contributed by atoms with Crippen molar-refractivity contribution in [1.29, 1.82) is 0 Å². The van der Waals surface area contributed by atoms with E-state index in [0.717, 1.165) is 17.0 Å². The Kier molecular flexibility index (Phi) is 5.27. The van der Waals surface area contributed by atoms with Crippen LogP contribution in [0.25, 0.3) is 5.95 Å². The topological polar surface area (TPSA) is 72.7 Å². The second-order valence-corrected chi connectivity index (χ2v) is 6.21. The van der Waals surface area contributed by atoms with Gasteiger partial charge in [0.2, 0.25) is 5.91 Å². The van der Waals surface area contributed by atoms with Gasteiger partial charge in [0.1, 0.15) is 5.82 Å².